The van der Waals surface area contributed by atoms with E-state index in [-0.39, 0.29) is 18.2 Å². The van der Waals surface area contributed by atoms with E-state index < -0.39 is 11.6 Å². The zero-order chi connectivity index (χ0) is 17.3. The maximum atomic E-state index is 12.6. The van der Waals surface area contributed by atoms with Crippen LogP contribution in [-0.4, -0.2) is 48.9 Å². The molecule has 1 heterocycles. The van der Waals surface area contributed by atoms with Crippen molar-refractivity contribution in [2.24, 2.45) is 0 Å². The normalized spacial score (nSPS) is 18.8. The van der Waals surface area contributed by atoms with Gasteiger partial charge >= 0.3 is 6.03 Å². The number of Topliss-reactive ketones (excluding diaryl/α,β-unsaturated/α-hetero) is 1. The van der Waals surface area contributed by atoms with Gasteiger partial charge in [0.2, 0.25) is 0 Å². The van der Waals surface area contributed by atoms with Crippen LogP contribution in [0.3, 0.4) is 0 Å². The number of nitrogens with one attached hydrogen (secondary N) is 1. The van der Waals surface area contributed by atoms with Gasteiger partial charge < -0.3 is 14.8 Å². The van der Waals surface area contributed by atoms with Crippen LogP contribution in [0.15, 0.2) is 18.2 Å². The first-order valence-electron chi connectivity index (χ1n) is 7.90. The van der Waals surface area contributed by atoms with E-state index in [1.165, 1.54) is 14.2 Å². The highest BCUT2D eigenvalue weighted by Crippen LogP contribution is 2.35. The van der Waals surface area contributed by atoms with E-state index in [4.69, 9.17) is 9.47 Å². The highest BCUT2D eigenvalue weighted by molar-refractivity contribution is 6.11. The molecule has 1 saturated carbocycles. The first-order chi connectivity index (χ1) is 11.5. The van der Waals surface area contributed by atoms with E-state index in [2.05, 4.69) is 5.32 Å². The standard InChI is InChI=1S/C17H20N2O5/c1-23-13-6-5-11(9-14(13)24-2)12(20)10-19-15(21)17(18-16(19)22)7-3-4-8-17/h5-6,9H,3-4,7-8,10H2,1-2H3,(H,18,22). The van der Waals surface area contributed by atoms with E-state index in [0.29, 0.717) is 29.9 Å². The number of hydrogen-bond donors (Lipinski definition) is 1. The van der Waals surface area contributed by atoms with Gasteiger partial charge in [0.25, 0.3) is 5.91 Å². The highest BCUT2D eigenvalue weighted by Gasteiger charge is 2.52. The maximum absolute atomic E-state index is 12.6. The van der Waals surface area contributed by atoms with Crippen LogP contribution in [0, 0.1) is 0 Å². The van der Waals surface area contributed by atoms with Crippen LogP contribution in [0.5, 0.6) is 11.5 Å². The number of ketones is 1. The van der Waals surface area contributed by atoms with Gasteiger partial charge in [0.05, 0.1) is 20.8 Å². The SMILES string of the molecule is COc1ccc(C(=O)CN2C(=O)NC3(CCCC3)C2=O)cc1OC. The summed E-state index contributed by atoms with van der Waals surface area (Å²) in [5.74, 6) is 0.315. The van der Waals surface area contributed by atoms with Crippen molar-refractivity contribution < 1.29 is 23.9 Å². The minimum atomic E-state index is -0.797. The fourth-order valence-corrected chi connectivity index (χ4v) is 3.38. The lowest BCUT2D eigenvalue weighted by atomic mass is 9.98. The Balaban J connectivity index is 1.77. The Hall–Kier alpha value is -2.57. The second-order valence-electron chi connectivity index (χ2n) is 6.10. The summed E-state index contributed by atoms with van der Waals surface area (Å²) in [6.07, 6.45) is 3.09. The van der Waals surface area contributed by atoms with Crippen LogP contribution in [0.4, 0.5) is 4.79 Å². The van der Waals surface area contributed by atoms with Crippen molar-refractivity contribution in [1.29, 1.82) is 0 Å². The van der Waals surface area contributed by atoms with Gasteiger partial charge in [0.15, 0.2) is 17.3 Å². The summed E-state index contributed by atoms with van der Waals surface area (Å²) in [6, 6.07) is 4.27. The highest BCUT2D eigenvalue weighted by atomic mass is 16.5. The van der Waals surface area contributed by atoms with Crippen LogP contribution < -0.4 is 14.8 Å². The van der Waals surface area contributed by atoms with Crippen molar-refractivity contribution >= 4 is 17.7 Å². The van der Waals surface area contributed by atoms with Gasteiger partial charge in [-0.1, -0.05) is 12.8 Å². The molecule has 24 heavy (non-hydrogen) atoms. The third kappa shape index (κ3) is 2.60. The summed E-state index contributed by atoms with van der Waals surface area (Å²) in [6.45, 7) is -0.276. The Kier molecular flexibility index (Phi) is 4.17. The number of rotatable bonds is 5. The lowest BCUT2D eigenvalue weighted by molar-refractivity contribution is -0.130. The lowest BCUT2D eigenvalue weighted by Crippen LogP contribution is -2.44. The van der Waals surface area contributed by atoms with Gasteiger partial charge in [-0.15, -0.1) is 0 Å². The third-order valence-corrected chi connectivity index (χ3v) is 4.71. The Morgan fingerprint density at radius 3 is 2.46 bits per heavy atom. The molecule has 2 aliphatic rings. The van der Waals surface area contributed by atoms with Crippen LogP contribution in [0.25, 0.3) is 0 Å². The molecule has 1 aliphatic carbocycles. The topological polar surface area (TPSA) is 84.9 Å². The van der Waals surface area contributed by atoms with Crippen molar-refractivity contribution in [3.63, 3.8) is 0 Å². The minimum absolute atomic E-state index is 0.276. The monoisotopic (exact) mass is 332 g/mol. The van der Waals surface area contributed by atoms with E-state index in [1.54, 1.807) is 18.2 Å². The number of hydrogen-bond acceptors (Lipinski definition) is 5. The first-order valence-corrected chi connectivity index (χ1v) is 7.90. The quantitative estimate of drug-likeness (QED) is 0.656. The predicted octanol–water partition coefficient (Wildman–Crippen LogP) is 1.75. The molecule has 1 N–H and O–H groups in total. The van der Waals surface area contributed by atoms with Gasteiger partial charge in [-0.05, 0) is 31.0 Å². The fraction of sp³-hybridized carbons (Fsp3) is 0.471. The van der Waals surface area contributed by atoms with Crippen LogP contribution in [-0.2, 0) is 4.79 Å². The molecular formula is C17H20N2O5. The van der Waals surface area contributed by atoms with Gasteiger partial charge in [-0.2, -0.15) is 0 Å². The van der Waals surface area contributed by atoms with E-state index in [0.717, 1.165) is 17.7 Å². The van der Waals surface area contributed by atoms with E-state index in [9.17, 15) is 14.4 Å². The van der Waals surface area contributed by atoms with Crippen molar-refractivity contribution in [3.8, 4) is 11.5 Å². The van der Waals surface area contributed by atoms with Crippen LogP contribution in [0.2, 0.25) is 0 Å². The Labute approximate surface area is 139 Å². The second kappa shape index (κ2) is 6.14. The van der Waals surface area contributed by atoms with Gasteiger partial charge in [0, 0.05) is 5.56 Å². The van der Waals surface area contributed by atoms with E-state index >= 15 is 0 Å². The van der Waals surface area contributed by atoms with Gasteiger partial charge in [-0.3, -0.25) is 14.5 Å². The molecule has 1 spiro atoms. The largest absolute Gasteiger partial charge is 0.493 e. The molecular weight excluding hydrogens is 312 g/mol. The molecule has 7 nitrogen and oxygen atoms in total. The molecule has 3 amide bonds. The minimum Gasteiger partial charge on any atom is -0.493 e. The number of carbonyl (C=O) groups excluding carboxylic acids is 3. The Morgan fingerprint density at radius 1 is 1.17 bits per heavy atom. The number of urea groups is 1. The van der Waals surface area contributed by atoms with Crippen molar-refractivity contribution in [2.75, 3.05) is 20.8 Å². The maximum Gasteiger partial charge on any atom is 0.325 e. The molecule has 7 heteroatoms. The number of methoxy groups -OCH3 is 2. The summed E-state index contributed by atoms with van der Waals surface area (Å²) in [5.41, 5.74) is -0.435. The molecule has 1 aromatic rings. The number of imide groups is 1. The average molecular weight is 332 g/mol. The molecule has 1 aliphatic heterocycles. The fourth-order valence-electron chi connectivity index (χ4n) is 3.38. The summed E-state index contributed by atoms with van der Waals surface area (Å²) in [7, 11) is 2.99. The molecule has 1 saturated heterocycles. The van der Waals surface area contributed by atoms with Crippen molar-refractivity contribution in [3.05, 3.63) is 23.8 Å². The van der Waals surface area contributed by atoms with E-state index in [1.807, 2.05) is 0 Å². The zero-order valence-corrected chi connectivity index (χ0v) is 13.8. The van der Waals surface area contributed by atoms with Gasteiger partial charge in [-0.25, -0.2) is 4.79 Å². The molecule has 3 rings (SSSR count). The Morgan fingerprint density at radius 2 is 1.83 bits per heavy atom. The summed E-state index contributed by atoms with van der Waals surface area (Å²) >= 11 is 0. The summed E-state index contributed by atoms with van der Waals surface area (Å²) in [4.78, 5) is 38.2. The molecule has 128 valence electrons. The second-order valence-corrected chi connectivity index (χ2v) is 6.10. The Bertz CT molecular complexity index is 694. The molecule has 0 unspecified atom stereocenters. The van der Waals surface area contributed by atoms with Crippen LogP contribution >= 0.6 is 0 Å². The molecule has 0 bridgehead atoms. The average Bonchev–Trinajstić information content (AvgIpc) is 3.15. The summed E-state index contributed by atoms with van der Waals surface area (Å²) < 4.78 is 10.3. The zero-order valence-electron chi connectivity index (χ0n) is 13.8. The van der Waals surface area contributed by atoms with Crippen molar-refractivity contribution in [1.82, 2.24) is 10.2 Å². The molecule has 2 fully saturated rings. The molecule has 1 aromatic carbocycles. The number of carbonyl (C=O) groups is 3. The van der Waals surface area contributed by atoms with Gasteiger partial charge in [0.1, 0.15) is 5.54 Å². The molecule has 0 aromatic heterocycles. The lowest BCUT2D eigenvalue weighted by Gasteiger charge is -2.19. The number of nitrogens with zero attached hydrogens (tertiary/aromatic N) is 1. The number of benzene rings is 1. The predicted molar refractivity (Wildman–Crippen MR) is 85.3 cm³/mol. The molecule has 0 atom stereocenters. The summed E-state index contributed by atoms with van der Waals surface area (Å²) in [5, 5.41) is 2.77. The first kappa shape index (κ1) is 16.3. The smallest absolute Gasteiger partial charge is 0.325 e. The van der Waals surface area contributed by atoms with Crippen molar-refractivity contribution in [2.45, 2.75) is 31.2 Å². The number of amides is 3. The van der Waals surface area contributed by atoms with Crippen LogP contribution in [0.1, 0.15) is 36.0 Å². The molecule has 0 radical (unpaired) electrons. The number of ether oxygens (including phenoxy) is 2. The third-order valence-electron chi connectivity index (χ3n) is 4.71.